The number of anilines is 1. The Morgan fingerprint density at radius 3 is 2.75 bits per heavy atom. The fraction of sp³-hybridized carbons (Fsp3) is 0.556. The molecule has 1 atom stereocenters. The largest absolute Gasteiger partial charge is 0.384 e. The van der Waals surface area contributed by atoms with Gasteiger partial charge < -0.3 is 5.32 Å². The summed E-state index contributed by atoms with van der Waals surface area (Å²) in [5.41, 5.74) is 2.80. The van der Waals surface area contributed by atoms with Crippen LogP contribution in [-0.2, 0) is 6.54 Å². The van der Waals surface area contributed by atoms with Gasteiger partial charge in [0.2, 0.25) is 0 Å². The van der Waals surface area contributed by atoms with E-state index in [9.17, 15) is 0 Å². The van der Waals surface area contributed by atoms with Crippen LogP contribution in [0.25, 0.3) is 0 Å². The molecule has 1 fully saturated rings. The van der Waals surface area contributed by atoms with Gasteiger partial charge in [-0.05, 0) is 62.7 Å². The van der Waals surface area contributed by atoms with Crippen molar-refractivity contribution in [3.63, 3.8) is 0 Å². The number of benzene rings is 1. The van der Waals surface area contributed by atoms with E-state index < -0.39 is 0 Å². The second-order valence-electron chi connectivity index (χ2n) is 6.17. The molecule has 0 spiro atoms. The average Bonchev–Trinajstić information content (AvgIpc) is 3.00. The fourth-order valence-electron chi connectivity index (χ4n) is 3.31. The molecule has 1 saturated heterocycles. The van der Waals surface area contributed by atoms with Crippen LogP contribution in [0.4, 0.5) is 5.69 Å². The smallest absolute Gasteiger partial charge is 0.0385 e. The molecule has 0 radical (unpaired) electrons. The van der Waals surface area contributed by atoms with Gasteiger partial charge in [0.15, 0.2) is 0 Å². The van der Waals surface area contributed by atoms with Gasteiger partial charge in [0.1, 0.15) is 0 Å². The summed E-state index contributed by atoms with van der Waals surface area (Å²) in [4.78, 5) is 2.57. The van der Waals surface area contributed by atoms with Crippen LogP contribution in [0.1, 0.15) is 37.7 Å². The molecule has 1 aliphatic heterocycles. The average molecular weight is 270 g/mol. The van der Waals surface area contributed by atoms with Crippen molar-refractivity contribution in [3.05, 3.63) is 42.0 Å². The molecule has 1 aromatic rings. The summed E-state index contributed by atoms with van der Waals surface area (Å²) in [6.45, 7) is 4.75. The minimum Gasteiger partial charge on any atom is -0.384 e. The first kappa shape index (κ1) is 13.7. The van der Waals surface area contributed by atoms with Gasteiger partial charge in [0.25, 0.3) is 0 Å². The molecule has 2 nitrogen and oxygen atoms in total. The number of para-hydroxylation sites is 1. The SMILES string of the molecule is C1=CCC(CNc2ccccc2CN2CCCC2)CC1. The maximum atomic E-state index is 3.70. The number of hydrogen-bond acceptors (Lipinski definition) is 2. The fourth-order valence-corrected chi connectivity index (χ4v) is 3.31. The van der Waals surface area contributed by atoms with E-state index in [4.69, 9.17) is 0 Å². The van der Waals surface area contributed by atoms with E-state index in [-0.39, 0.29) is 0 Å². The van der Waals surface area contributed by atoms with Gasteiger partial charge in [-0.2, -0.15) is 0 Å². The summed E-state index contributed by atoms with van der Waals surface area (Å²) in [5.74, 6) is 0.805. The van der Waals surface area contributed by atoms with Crippen LogP contribution < -0.4 is 5.32 Å². The third kappa shape index (κ3) is 3.63. The highest BCUT2D eigenvalue weighted by atomic mass is 15.1. The molecular formula is C18H26N2. The summed E-state index contributed by atoms with van der Waals surface area (Å²) in [7, 11) is 0. The molecule has 3 rings (SSSR count). The lowest BCUT2D eigenvalue weighted by Gasteiger charge is -2.22. The van der Waals surface area contributed by atoms with Crippen LogP contribution in [0.5, 0.6) is 0 Å². The first-order chi connectivity index (χ1) is 9.92. The Labute approximate surface area is 122 Å². The minimum atomic E-state index is 0.805. The van der Waals surface area contributed by atoms with Crippen molar-refractivity contribution in [3.8, 4) is 0 Å². The van der Waals surface area contributed by atoms with Gasteiger partial charge in [0.05, 0.1) is 0 Å². The normalized spacial score (nSPS) is 23.1. The number of likely N-dealkylation sites (tertiary alicyclic amines) is 1. The molecule has 0 saturated carbocycles. The molecule has 1 unspecified atom stereocenters. The van der Waals surface area contributed by atoms with E-state index in [1.165, 1.54) is 56.4 Å². The predicted molar refractivity (Wildman–Crippen MR) is 85.9 cm³/mol. The van der Waals surface area contributed by atoms with Gasteiger partial charge in [0, 0.05) is 18.8 Å². The van der Waals surface area contributed by atoms with Gasteiger partial charge in [-0.15, -0.1) is 0 Å². The standard InChI is InChI=1S/C18H26N2/c1-2-8-16(9-3-1)14-19-18-11-5-4-10-17(18)15-20-12-6-7-13-20/h1-2,4-5,10-11,16,19H,3,6-9,12-15H2. The van der Waals surface area contributed by atoms with Gasteiger partial charge in [-0.1, -0.05) is 30.4 Å². The predicted octanol–water partition coefficient (Wildman–Crippen LogP) is 4.05. The highest BCUT2D eigenvalue weighted by molar-refractivity contribution is 5.51. The molecule has 2 aliphatic rings. The second-order valence-corrected chi connectivity index (χ2v) is 6.17. The van der Waals surface area contributed by atoms with Crippen LogP contribution >= 0.6 is 0 Å². The molecule has 1 aliphatic carbocycles. The number of hydrogen-bond donors (Lipinski definition) is 1. The molecule has 2 heteroatoms. The molecule has 108 valence electrons. The van der Waals surface area contributed by atoms with Crippen molar-refractivity contribution in [2.24, 2.45) is 5.92 Å². The van der Waals surface area contributed by atoms with E-state index in [0.717, 1.165) is 19.0 Å². The van der Waals surface area contributed by atoms with Crippen LogP contribution in [0.2, 0.25) is 0 Å². The lowest BCUT2D eigenvalue weighted by Crippen LogP contribution is -2.20. The van der Waals surface area contributed by atoms with E-state index in [1.54, 1.807) is 0 Å². The zero-order valence-electron chi connectivity index (χ0n) is 12.4. The highest BCUT2D eigenvalue weighted by Gasteiger charge is 2.14. The van der Waals surface area contributed by atoms with Crippen molar-refractivity contribution in [2.75, 3.05) is 25.0 Å². The van der Waals surface area contributed by atoms with E-state index in [2.05, 4.69) is 46.6 Å². The monoisotopic (exact) mass is 270 g/mol. The molecule has 1 heterocycles. The first-order valence-corrected chi connectivity index (χ1v) is 8.11. The topological polar surface area (TPSA) is 15.3 Å². The quantitative estimate of drug-likeness (QED) is 0.812. The molecule has 0 aromatic heterocycles. The Hall–Kier alpha value is -1.28. The van der Waals surface area contributed by atoms with Crippen LogP contribution in [0, 0.1) is 5.92 Å². The molecule has 1 aromatic carbocycles. The minimum absolute atomic E-state index is 0.805. The Kier molecular flexibility index (Phi) is 4.75. The Balaban J connectivity index is 1.58. The summed E-state index contributed by atoms with van der Waals surface area (Å²) in [6, 6.07) is 8.84. The van der Waals surface area contributed by atoms with Crippen molar-refractivity contribution < 1.29 is 0 Å². The Morgan fingerprint density at radius 2 is 1.95 bits per heavy atom. The van der Waals surface area contributed by atoms with Crippen molar-refractivity contribution in [2.45, 2.75) is 38.6 Å². The first-order valence-electron chi connectivity index (χ1n) is 8.11. The molecular weight excluding hydrogens is 244 g/mol. The second kappa shape index (κ2) is 6.94. The van der Waals surface area contributed by atoms with Crippen LogP contribution in [0.15, 0.2) is 36.4 Å². The summed E-state index contributed by atoms with van der Waals surface area (Å²) >= 11 is 0. The van der Waals surface area contributed by atoms with E-state index in [1.807, 2.05) is 0 Å². The molecule has 0 bridgehead atoms. The lowest BCUT2D eigenvalue weighted by atomic mass is 9.94. The Bertz CT molecular complexity index is 446. The lowest BCUT2D eigenvalue weighted by molar-refractivity contribution is 0.332. The number of nitrogens with zero attached hydrogens (tertiary/aromatic N) is 1. The van der Waals surface area contributed by atoms with Gasteiger partial charge in [-0.3, -0.25) is 4.90 Å². The summed E-state index contributed by atoms with van der Waals surface area (Å²) < 4.78 is 0. The van der Waals surface area contributed by atoms with Crippen molar-refractivity contribution in [1.29, 1.82) is 0 Å². The third-order valence-electron chi connectivity index (χ3n) is 4.57. The maximum Gasteiger partial charge on any atom is 0.0385 e. The van der Waals surface area contributed by atoms with Gasteiger partial charge in [-0.25, -0.2) is 0 Å². The van der Waals surface area contributed by atoms with Crippen molar-refractivity contribution >= 4 is 5.69 Å². The summed E-state index contributed by atoms with van der Waals surface area (Å²) in [6.07, 6.45) is 11.2. The number of allylic oxidation sites excluding steroid dienone is 2. The molecule has 0 amide bonds. The Morgan fingerprint density at radius 1 is 1.10 bits per heavy atom. The molecule has 1 N–H and O–H groups in total. The highest BCUT2D eigenvalue weighted by Crippen LogP contribution is 2.22. The van der Waals surface area contributed by atoms with Crippen LogP contribution in [-0.4, -0.2) is 24.5 Å². The number of rotatable bonds is 5. The molecule has 20 heavy (non-hydrogen) atoms. The third-order valence-corrected chi connectivity index (χ3v) is 4.57. The van der Waals surface area contributed by atoms with E-state index >= 15 is 0 Å². The van der Waals surface area contributed by atoms with Gasteiger partial charge >= 0.3 is 0 Å². The van der Waals surface area contributed by atoms with E-state index in [0.29, 0.717) is 0 Å². The summed E-state index contributed by atoms with van der Waals surface area (Å²) in [5, 5.41) is 3.70. The van der Waals surface area contributed by atoms with Crippen LogP contribution in [0.3, 0.4) is 0 Å². The maximum absolute atomic E-state index is 3.70. The number of nitrogens with one attached hydrogen (secondary N) is 1. The zero-order valence-corrected chi connectivity index (χ0v) is 12.4. The zero-order chi connectivity index (χ0) is 13.6. The van der Waals surface area contributed by atoms with Crippen molar-refractivity contribution in [1.82, 2.24) is 4.90 Å².